The number of aromatic amines is 1. The Morgan fingerprint density at radius 2 is 1.96 bits per heavy atom. The summed E-state index contributed by atoms with van der Waals surface area (Å²) < 4.78 is 59.8. The molecule has 0 spiro atoms. The molecule has 2 N–H and O–H groups in total. The number of furan rings is 1. The van der Waals surface area contributed by atoms with E-state index in [0.717, 1.165) is 23.1 Å². The van der Waals surface area contributed by atoms with Crippen molar-refractivity contribution in [3.8, 4) is 17.3 Å². The van der Waals surface area contributed by atoms with Crippen molar-refractivity contribution in [3.63, 3.8) is 0 Å². The summed E-state index contributed by atoms with van der Waals surface area (Å²) in [5.74, 6) is -1.23. The lowest BCUT2D eigenvalue weighted by atomic mass is 10.1. The Morgan fingerprint density at radius 3 is 2.71 bits per heavy atom. The van der Waals surface area contributed by atoms with Crippen molar-refractivity contribution in [2.75, 3.05) is 5.32 Å². The first-order valence-electron chi connectivity index (χ1n) is 7.93. The summed E-state index contributed by atoms with van der Waals surface area (Å²) in [6, 6.07) is 10.3. The molecular formula is C17H11F4N5O2. The van der Waals surface area contributed by atoms with Crippen LogP contribution in [0, 0.1) is 5.82 Å². The average Bonchev–Trinajstić information content (AvgIpc) is 3.30. The molecular weight excluding hydrogens is 382 g/mol. The number of hydrogen-bond donors (Lipinski definition) is 2. The van der Waals surface area contributed by atoms with Crippen molar-refractivity contribution in [3.05, 3.63) is 53.8 Å². The minimum absolute atomic E-state index is 0.278. The van der Waals surface area contributed by atoms with Gasteiger partial charge in [-0.05, 0) is 41.1 Å². The van der Waals surface area contributed by atoms with Crippen LogP contribution >= 0.6 is 0 Å². The minimum atomic E-state index is -4.97. The second-order valence-electron chi connectivity index (χ2n) is 5.76. The van der Waals surface area contributed by atoms with Crippen LogP contribution < -0.4 is 10.1 Å². The molecule has 0 bridgehead atoms. The third-order valence-corrected chi connectivity index (χ3v) is 3.80. The molecule has 0 saturated carbocycles. The van der Waals surface area contributed by atoms with Crippen LogP contribution in [0.15, 0.2) is 46.9 Å². The zero-order valence-electron chi connectivity index (χ0n) is 13.9. The molecule has 0 aliphatic heterocycles. The van der Waals surface area contributed by atoms with Gasteiger partial charge in [-0.25, -0.2) is 4.39 Å². The van der Waals surface area contributed by atoms with Crippen molar-refractivity contribution in [2.45, 2.75) is 12.9 Å². The number of alkyl halides is 3. The monoisotopic (exact) mass is 393 g/mol. The molecule has 0 atom stereocenters. The fourth-order valence-corrected chi connectivity index (χ4v) is 2.60. The number of nitrogens with zero attached hydrogens (tertiary/aromatic N) is 3. The van der Waals surface area contributed by atoms with Crippen LogP contribution in [0.1, 0.15) is 5.56 Å². The van der Waals surface area contributed by atoms with Crippen LogP contribution in [0.2, 0.25) is 0 Å². The van der Waals surface area contributed by atoms with E-state index in [1.165, 1.54) is 6.07 Å². The van der Waals surface area contributed by atoms with Gasteiger partial charge in [0.1, 0.15) is 5.58 Å². The Hall–Kier alpha value is -3.63. The number of halogens is 4. The molecule has 0 aliphatic rings. The lowest BCUT2D eigenvalue weighted by Gasteiger charge is -2.12. The maximum absolute atomic E-state index is 13.5. The lowest BCUT2D eigenvalue weighted by molar-refractivity contribution is -0.275. The number of fused-ring (bicyclic) bond motifs is 1. The summed E-state index contributed by atoms with van der Waals surface area (Å²) in [4.78, 5) is 0. The summed E-state index contributed by atoms with van der Waals surface area (Å²) in [5, 5.41) is 17.2. The Morgan fingerprint density at radius 1 is 1.11 bits per heavy atom. The number of hydrogen-bond acceptors (Lipinski definition) is 6. The van der Waals surface area contributed by atoms with Crippen LogP contribution in [0.25, 0.3) is 22.6 Å². The van der Waals surface area contributed by atoms with E-state index in [1.54, 1.807) is 18.2 Å². The standard InChI is InChI=1S/C17H11F4N5O2/c18-12-3-2-11(7-14(12)28-17(19,20)21)22-8-9-1-4-13-10(5-9)6-15(27-13)16-23-25-26-24-16/h1-7,22H,8H2,(H,23,24,25,26). The van der Waals surface area contributed by atoms with E-state index in [4.69, 9.17) is 4.42 Å². The molecule has 2 aromatic carbocycles. The third-order valence-electron chi connectivity index (χ3n) is 3.80. The van der Waals surface area contributed by atoms with Crippen LogP contribution in [0.3, 0.4) is 0 Å². The van der Waals surface area contributed by atoms with Crippen molar-refractivity contribution < 1.29 is 26.7 Å². The highest BCUT2D eigenvalue weighted by Crippen LogP contribution is 2.29. The Balaban J connectivity index is 1.50. The van der Waals surface area contributed by atoms with Crippen molar-refractivity contribution in [2.24, 2.45) is 0 Å². The van der Waals surface area contributed by atoms with E-state index < -0.39 is 17.9 Å². The van der Waals surface area contributed by atoms with Crippen molar-refractivity contribution >= 4 is 16.7 Å². The smallest absolute Gasteiger partial charge is 0.453 e. The van der Waals surface area contributed by atoms with Crippen molar-refractivity contribution in [1.82, 2.24) is 20.6 Å². The van der Waals surface area contributed by atoms with E-state index >= 15 is 0 Å². The van der Waals surface area contributed by atoms with Crippen LogP contribution in [-0.4, -0.2) is 27.0 Å². The molecule has 0 unspecified atom stereocenters. The second-order valence-corrected chi connectivity index (χ2v) is 5.76. The molecule has 28 heavy (non-hydrogen) atoms. The molecule has 0 aliphatic carbocycles. The topological polar surface area (TPSA) is 88.9 Å². The highest BCUT2D eigenvalue weighted by Gasteiger charge is 2.32. The molecule has 0 saturated heterocycles. The van der Waals surface area contributed by atoms with Gasteiger partial charge in [0, 0.05) is 23.7 Å². The van der Waals surface area contributed by atoms with E-state index in [-0.39, 0.29) is 12.2 Å². The number of ether oxygens (including phenoxy) is 1. The molecule has 144 valence electrons. The van der Waals surface area contributed by atoms with Crippen LogP contribution in [0.5, 0.6) is 5.75 Å². The van der Waals surface area contributed by atoms with E-state index in [0.29, 0.717) is 17.2 Å². The predicted octanol–water partition coefficient (Wildman–Crippen LogP) is 4.26. The predicted molar refractivity (Wildman–Crippen MR) is 89.8 cm³/mol. The van der Waals surface area contributed by atoms with Gasteiger partial charge in [-0.2, -0.15) is 5.21 Å². The first-order chi connectivity index (χ1) is 13.4. The van der Waals surface area contributed by atoms with E-state index in [9.17, 15) is 17.6 Å². The number of anilines is 1. The largest absolute Gasteiger partial charge is 0.573 e. The highest BCUT2D eigenvalue weighted by molar-refractivity contribution is 5.82. The van der Waals surface area contributed by atoms with Gasteiger partial charge in [-0.3, -0.25) is 0 Å². The van der Waals surface area contributed by atoms with Gasteiger partial charge in [-0.15, -0.1) is 23.4 Å². The minimum Gasteiger partial charge on any atom is -0.453 e. The Kier molecular flexibility index (Phi) is 4.34. The lowest BCUT2D eigenvalue weighted by Crippen LogP contribution is -2.18. The van der Waals surface area contributed by atoms with Gasteiger partial charge in [0.15, 0.2) is 17.3 Å². The van der Waals surface area contributed by atoms with Gasteiger partial charge in [0.25, 0.3) is 0 Å². The normalized spacial score (nSPS) is 11.7. The number of H-pyrrole nitrogens is 1. The third kappa shape index (κ3) is 3.87. The number of benzene rings is 2. The van der Waals surface area contributed by atoms with E-state index in [2.05, 4.69) is 30.7 Å². The highest BCUT2D eigenvalue weighted by atomic mass is 19.4. The molecule has 4 rings (SSSR count). The quantitative estimate of drug-likeness (QED) is 0.493. The first kappa shape index (κ1) is 17.8. The number of nitrogens with one attached hydrogen (secondary N) is 2. The first-order valence-corrected chi connectivity index (χ1v) is 7.93. The zero-order valence-corrected chi connectivity index (χ0v) is 13.9. The van der Waals surface area contributed by atoms with Crippen molar-refractivity contribution in [1.29, 1.82) is 0 Å². The van der Waals surface area contributed by atoms with Gasteiger partial charge >= 0.3 is 6.36 Å². The maximum Gasteiger partial charge on any atom is 0.573 e. The molecule has 2 heterocycles. The average molecular weight is 393 g/mol. The summed E-state index contributed by atoms with van der Waals surface area (Å²) in [7, 11) is 0. The SMILES string of the molecule is Fc1ccc(NCc2ccc3oc(-c4nn[nH]n4)cc3c2)cc1OC(F)(F)F. The fourth-order valence-electron chi connectivity index (χ4n) is 2.60. The number of rotatable bonds is 5. The Bertz CT molecular complexity index is 1110. The summed E-state index contributed by atoms with van der Waals surface area (Å²) in [5.41, 5.74) is 1.72. The summed E-state index contributed by atoms with van der Waals surface area (Å²) >= 11 is 0. The Labute approximate surface area is 154 Å². The number of tetrazole rings is 1. The molecule has 2 aromatic heterocycles. The fraction of sp³-hybridized carbons (Fsp3) is 0.118. The summed E-state index contributed by atoms with van der Waals surface area (Å²) in [6.07, 6.45) is -4.97. The molecule has 0 fully saturated rings. The van der Waals surface area contributed by atoms with Crippen LogP contribution in [-0.2, 0) is 6.54 Å². The van der Waals surface area contributed by atoms with Gasteiger partial charge in [-0.1, -0.05) is 6.07 Å². The molecule has 0 amide bonds. The molecule has 7 nitrogen and oxygen atoms in total. The number of aromatic nitrogens is 4. The molecule has 4 aromatic rings. The zero-order chi connectivity index (χ0) is 19.7. The van der Waals surface area contributed by atoms with Gasteiger partial charge in [0.05, 0.1) is 0 Å². The maximum atomic E-state index is 13.5. The van der Waals surface area contributed by atoms with Gasteiger partial charge in [0.2, 0.25) is 5.82 Å². The molecule has 0 radical (unpaired) electrons. The van der Waals surface area contributed by atoms with E-state index in [1.807, 2.05) is 6.07 Å². The van der Waals surface area contributed by atoms with Crippen LogP contribution in [0.4, 0.5) is 23.2 Å². The second kappa shape index (κ2) is 6.83. The van der Waals surface area contributed by atoms with Gasteiger partial charge < -0.3 is 14.5 Å². The summed E-state index contributed by atoms with van der Waals surface area (Å²) in [6.45, 7) is 0.287. The molecule has 11 heteroatoms.